The molecule has 0 spiro atoms. The molecule has 0 unspecified atom stereocenters. The maximum absolute atomic E-state index is 12.6. The Morgan fingerprint density at radius 2 is 2.00 bits per heavy atom. The number of methoxy groups -OCH3 is 1. The summed E-state index contributed by atoms with van der Waals surface area (Å²) in [5.74, 6) is -0.0967. The van der Waals surface area contributed by atoms with Crippen LogP contribution >= 0.6 is 0 Å². The number of nitrogens with zero attached hydrogens (tertiary/aromatic N) is 1. The van der Waals surface area contributed by atoms with Crippen molar-refractivity contribution in [3.8, 4) is 5.69 Å². The minimum Gasteiger partial charge on any atom is -0.498 e. The predicted molar refractivity (Wildman–Crippen MR) is 82.8 cm³/mol. The van der Waals surface area contributed by atoms with E-state index in [2.05, 4.69) is 9.84 Å². The summed E-state index contributed by atoms with van der Waals surface area (Å²) in [5.41, 5.74) is 0.384. The monoisotopic (exact) mass is 302 g/mol. The number of esters is 1. The highest BCUT2D eigenvalue weighted by Gasteiger charge is 2.09. The smallest absolute Gasteiger partial charge is 0.332 e. The first-order chi connectivity index (χ1) is 10.6. The number of hydrogen-bond acceptors (Lipinski definition) is 4. The first kappa shape index (κ1) is 15.6. The molecule has 0 aliphatic rings. The highest BCUT2D eigenvalue weighted by Crippen LogP contribution is 2.00. The summed E-state index contributed by atoms with van der Waals surface area (Å²) in [7, 11) is 1.28. The molecule has 116 valence electrons. The zero-order valence-electron chi connectivity index (χ0n) is 12.8. The number of carbonyl (C=O) groups excluding carboxylic acids is 1. The summed E-state index contributed by atoms with van der Waals surface area (Å²) in [5, 5.41) is 3.59. The van der Waals surface area contributed by atoms with E-state index >= 15 is 0 Å². The second kappa shape index (κ2) is 6.80. The van der Waals surface area contributed by atoms with Gasteiger partial charge in [-0.25, -0.2) is 9.48 Å². The lowest BCUT2D eigenvalue weighted by atomic mass is 10.3. The lowest BCUT2D eigenvalue weighted by Crippen LogP contribution is -2.37. The summed E-state index contributed by atoms with van der Waals surface area (Å²) >= 11 is 0. The standard InChI is InChI=1S/C16H18N2O4/c1-4-22-11(2)15-13(10-14(19)21-3)17-18(16(15)20)12-8-6-5-7-9-12/h5-10,17H,4H2,1-3H3. The lowest BCUT2D eigenvalue weighted by Gasteiger charge is -2.00. The van der Waals surface area contributed by atoms with E-state index in [0.29, 0.717) is 28.6 Å². The normalized spacial score (nSPS) is 13.0. The summed E-state index contributed by atoms with van der Waals surface area (Å²) in [6.07, 6.45) is 1.23. The molecule has 2 aromatic rings. The predicted octanol–water partition coefficient (Wildman–Crippen LogP) is 0.284. The van der Waals surface area contributed by atoms with Crippen LogP contribution in [0.2, 0.25) is 0 Å². The molecule has 0 atom stereocenters. The van der Waals surface area contributed by atoms with Crippen molar-refractivity contribution in [1.82, 2.24) is 9.78 Å². The van der Waals surface area contributed by atoms with Gasteiger partial charge in [-0.05, 0) is 26.0 Å². The molecule has 6 nitrogen and oxygen atoms in total. The van der Waals surface area contributed by atoms with Gasteiger partial charge in [-0.1, -0.05) is 18.2 Å². The van der Waals surface area contributed by atoms with Gasteiger partial charge in [-0.15, -0.1) is 0 Å². The van der Waals surface area contributed by atoms with Crippen LogP contribution in [0.4, 0.5) is 0 Å². The van der Waals surface area contributed by atoms with E-state index < -0.39 is 5.97 Å². The van der Waals surface area contributed by atoms with Crippen molar-refractivity contribution >= 4 is 17.8 Å². The van der Waals surface area contributed by atoms with Gasteiger partial charge in [0.1, 0.15) is 11.0 Å². The Bertz CT molecular complexity index is 831. The Labute approximate surface area is 127 Å². The number of rotatable bonds is 4. The molecule has 2 rings (SSSR count). The van der Waals surface area contributed by atoms with Crippen LogP contribution in [-0.2, 0) is 14.3 Å². The average molecular weight is 302 g/mol. The molecule has 0 saturated carbocycles. The van der Waals surface area contributed by atoms with Gasteiger partial charge < -0.3 is 9.47 Å². The number of carbonyl (C=O) groups is 1. The minimum atomic E-state index is -0.549. The molecule has 0 aliphatic heterocycles. The molecule has 1 aromatic carbocycles. The van der Waals surface area contributed by atoms with Crippen LogP contribution in [0, 0.1) is 0 Å². The molecule has 0 amide bonds. The summed E-state index contributed by atoms with van der Waals surface area (Å²) in [4.78, 5) is 24.1. The number of aromatic nitrogens is 2. The SMILES string of the molecule is CCOC(C)=c1c(=CC(=O)OC)[nH]n(-c2ccccc2)c1=O. The highest BCUT2D eigenvalue weighted by molar-refractivity contribution is 5.99. The molecule has 0 saturated heterocycles. The van der Waals surface area contributed by atoms with Crippen molar-refractivity contribution in [1.29, 1.82) is 0 Å². The van der Waals surface area contributed by atoms with Gasteiger partial charge in [0.2, 0.25) is 0 Å². The van der Waals surface area contributed by atoms with Crippen molar-refractivity contribution < 1.29 is 14.3 Å². The van der Waals surface area contributed by atoms with Crippen LogP contribution in [0.3, 0.4) is 0 Å². The highest BCUT2D eigenvalue weighted by atomic mass is 16.5. The van der Waals surface area contributed by atoms with Crippen LogP contribution < -0.4 is 16.1 Å². The Morgan fingerprint density at radius 1 is 1.32 bits per heavy atom. The fourth-order valence-corrected chi connectivity index (χ4v) is 2.12. The van der Waals surface area contributed by atoms with E-state index in [-0.39, 0.29) is 5.56 Å². The van der Waals surface area contributed by atoms with Crippen LogP contribution in [0.15, 0.2) is 35.1 Å². The van der Waals surface area contributed by atoms with Crippen LogP contribution in [0.1, 0.15) is 13.8 Å². The average Bonchev–Trinajstić information content (AvgIpc) is 2.84. The quantitative estimate of drug-likeness (QED) is 0.824. The van der Waals surface area contributed by atoms with Crippen molar-refractivity contribution in [3.63, 3.8) is 0 Å². The summed E-state index contributed by atoms with van der Waals surface area (Å²) in [6.45, 7) is 3.95. The van der Waals surface area contributed by atoms with Crippen LogP contribution in [0.5, 0.6) is 0 Å². The number of ether oxygens (including phenoxy) is 2. The Kier molecular flexibility index (Phi) is 4.83. The van der Waals surface area contributed by atoms with Crippen LogP contribution in [-0.4, -0.2) is 29.5 Å². The van der Waals surface area contributed by atoms with E-state index in [4.69, 9.17) is 4.74 Å². The van der Waals surface area contributed by atoms with Gasteiger partial charge in [-0.2, -0.15) is 0 Å². The topological polar surface area (TPSA) is 73.3 Å². The van der Waals surface area contributed by atoms with E-state index in [1.165, 1.54) is 17.9 Å². The van der Waals surface area contributed by atoms with Gasteiger partial charge in [0.05, 0.1) is 24.8 Å². The van der Waals surface area contributed by atoms with Crippen molar-refractivity contribution in [3.05, 3.63) is 51.3 Å². The fraction of sp³-hybridized carbons (Fsp3) is 0.250. The molecular formula is C16H18N2O4. The number of nitrogens with one attached hydrogen (secondary N) is 1. The fourth-order valence-electron chi connectivity index (χ4n) is 2.12. The van der Waals surface area contributed by atoms with Gasteiger partial charge >= 0.3 is 5.97 Å². The summed E-state index contributed by atoms with van der Waals surface area (Å²) < 4.78 is 11.4. The molecule has 1 N–H and O–H groups in total. The maximum atomic E-state index is 12.6. The van der Waals surface area contributed by atoms with E-state index in [1.54, 1.807) is 19.1 Å². The molecule has 0 fully saturated rings. The number of hydrogen-bond donors (Lipinski definition) is 1. The Balaban J connectivity index is 2.80. The number of benzene rings is 1. The third-order valence-electron chi connectivity index (χ3n) is 3.11. The molecule has 0 radical (unpaired) electrons. The van der Waals surface area contributed by atoms with E-state index in [1.807, 2.05) is 25.1 Å². The minimum absolute atomic E-state index is 0.285. The molecule has 1 aromatic heterocycles. The number of para-hydroxylation sites is 1. The third kappa shape index (κ3) is 3.11. The number of aromatic amines is 1. The van der Waals surface area contributed by atoms with Gasteiger partial charge in [0, 0.05) is 6.08 Å². The van der Waals surface area contributed by atoms with Gasteiger partial charge in [-0.3, -0.25) is 9.89 Å². The van der Waals surface area contributed by atoms with Gasteiger partial charge in [0.15, 0.2) is 0 Å². The van der Waals surface area contributed by atoms with E-state index in [0.717, 1.165) is 0 Å². The number of H-pyrrole nitrogens is 1. The molecule has 0 bridgehead atoms. The van der Waals surface area contributed by atoms with Crippen LogP contribution in [0.25, 0.3) is 17.5 Å². The van der Waals surface area contributed by atoms with Crippen molar-refractivity contribution in [2.45, 2.75) is 13.8 Å². The maximum Gasteiger partial charge on any atom is 0.332 e. The first-order valence-corrected chi connectivity index (χ1v) is 6.88. The lowest BCUT2D eigenvalue weighted by molar-refractivity contribution is -0.133. The second-order valence-electron chi connectivity index (χ2n) is 4.53. The molecule has 6 heteroatoms. The largest absolute Gasteiger partial charge is 0.498 e. The Hall–Kier alpha value is -2.76. The zero-order valence-corrected chi connectivity index (χ0v) is 12.8. The molecule has 0 aliphatic carbocycles. The second-order valence-corrected chi connectivity index (χ2v) is 4.53. The zero-order chi connectivity index (χ0) is 16.1. The third-order valence-corrected chi connectivity index (χ3v) is 3.11. The van der Waals surface area contributed by atoms with Crippen molar-refractivity contribution in [2.24, 2.45) is 0 Å². The first-order valence-electron chi connectivity index (χ1n) is 6.88. The summed E-state index contributed by atoms with van der Waals surface area (Å²) in [6, 6.07) is 9.09. The molecule has 1 heterocycles. The van der Waals surface area contributed by atoms with Crippen molar-refractivity contribution in [2.75, 3.05) is 13.7 Å². The van der Waals surface area contributed by atoms with E-state index in [9.17, 15) is 9.59 Å². The Morgan fingerprint density at radius 3 is 2.59 bits per heavy atom. The molecular weight excluding hydrogens is 284 g/mol. The van der Waals surface area contributed by atoms with Gasteiger partial charge in [0.25, 0.3) is 5.56 Å². The molecule has 22 heavy (non-hydrogen) atoms.